The lowest BCUT2D eigenvalue weighted by Crippen LogP contribution is -2.63. The minimum absolute atomic E-state index is 0.0445. The lowest BCUT2D eigenvalue weighted by molar-refractivity contribution is -0.221. The Balaban J connectivity index is 1.17. The molecule has 3 aliphatic rings. The number of nitrogens with zero attached hydrogens (tertiary/aromatic N) is 6. The van der Waals surface area contributed by atoms with Crippen LogP contribution in [0.1, 0.15) is 62.8 Å². The predicted molar refractivity (Wildman–Crippen MR) is 265 cm³/mol. The van der Waals surface area contributed by atoms with Crippen LogP contribution in [-0.2, 0) is 39.1 Å². The van der Waals surface area contributed by atoms with E-state index in [4.69, 9.17) is 4.74 Å². The number of carboxylic acid groups (broad SMARTS) is 1. The summed E-state index contributed by atoms with van der Waals surface area (Å²) < 4.78 is 130. The summed E-state index contributed by atoms with van der Waals surface area (Å²) in [6, 6.07) is 7.63. The van der Waals surface area contributed by atoms with Crippen molar-refractivity contribution in [1.82, 2.24) is 46.0 Å². The van der Waals surface area contributed by atoms with Gasteiger partial charge in [0.25, 0.3) is 5.91 Å². The molecule has 3 saturated heterocycles. The van der Waals surface area contributed by atoms with Crippen LogP contribution in [0.4, 0.5) is 50.5 Å². The fourth-order valence-electron chi connectivity index (χ4n) is 9.59. The molecule has 6 unspecified atom stereocenters. The first-order chi connectivity index (χ1) is 36.6. The van der Waals surface area contributed by atoms with Crippen LogP contribution in [0.15, 0.2) is 67.0 Å². The summed E-state index contributed by atoms with van der Waals surface area (Å²) in [5, 5.41) is 31.9. The summed E-state index contributed by atoms with van der Waals surface area (Å²) in [7, 11) is 2.38. The van der Waals surface area contributed by atoms with Gasteiger partial charge in [-0.2, -0.15) is 31.4 Å². The van der Waals surface area contributed by atoms with E-state index < -0.39 is 108 Å². The second-order valence-corrected chi connectivity index (χ2v) is 20.7. The van der Waals surface area contributed by atoms with E-state index in [-0.39, 0.29) is 11.3 Å². The zero-order valence-corrected chi connectivity index (χ0v) is 43.3. The quantitative estimate of drug-likeness (QED) is 0.0403. The van der Waals surface area contributed by atoms with Crippen LogP contribution in [0, 0.1) is 34.3 Å². The Bertz CT molecular complexity index is 2830. The van der Waals surface area contributed by atoms with E-state index in [0.29, 0.717) is 67.5 Å². The molecule has 0 aliphatic carbocycles. The number of rotatable bonds is 18. The highest BCUT2D eigenvalue weighted by Crippen LogP contribution is 2.42. The molecule has 4 amide bonds. The van der Waals surface area contributed by atoms with Gasteiger partial charge in [-0.15, -0.1) is 0 Å². The number of nitrogens with one attached hydrogen (secondary N) is 4. The number of fused-ring (bicyclic) bond motifs is 2. The maximum atomic E-state index is 16.0. The molecule has 26 heteroatoms. The van der Waals surface area contributed by atoms with E-state index in [2.05, 4.69) is 41.8 Å². The third kappa shape index (κ3) is 13.4. The van der Waals surface area contributed by atoms with Gasteiger partial charge in [0.2, 0.25) is 5.91 Å². The van der Waals surface area contributed by atoms with Crippen LogP contribution >= 0.6 is 0 Å². The molecule has 2 bridgehead atoms. The molecule has 7 rings (SSSR count). The number of benzene rings is 2. The first kappa shape index (κ1) is 58.6. The average molecular weight is 1110 g/mol. The minimum atomic E-state index is -5.23. The maximum Gasteiger partial charge on any atom is 0.407 e. The number of amides is 4. The number of anilines is 1. The number of piperazine rings is 1. The first-order valence-electron chi connectivity index (χ1n) is 24.7. The Morgan fingerprint density at radius 2 is 1.40 bits per heavy atom. The zero-order chi connectivity index (χ0) is 57.1. The number of alkyl halides is 6. The van der Waals surface area contributed by atoms with Gasteiger partial charge in [-0.3, -0.25) is 24.6 Å². The SMILES string of the molecule is COC(=O)NC(C(=O)NC(Cc1ccc(C#Cc2ccc(N3CC4CCC(C3)N4C3COC3)nc2)cc1)C(O)CN(Cc1c(F)cc(-c2ccn(C)n2)cc1F)NC(=O)C(NC(=O)O)C(C)(C)C(F)(F)F)C(C)(C)C(F)(F)F. The van der Waals surface area contributed by atoms with Crippen molar-refractivity contribution in [3.05, 3.63) is 101 Å². The number of ether oxygens (including phenoxy) is 2. The van der Waals surface area contributed by atoms with Crippen LogP contribution in [0.25, 0.3) is 11.3 Å². The van der Waals surface area contributed by atoms with Gasteiger partial charge in [-0.25, -0.2) is 28.4 Å². The first-order valence-corrected chi connectivity index (χ1v) is 24.7. The number of carbonyl (C=O) groups is 4. The van der Waals surface area contributed by atoms with Gasteiger partial charge in [-0.1, -0.05) is 24.0 Å². The number of hydrogen-bond acceptors (Lipinski definition) is 12. The number of methoxy groups -OCH3 is 1. The molecule has 2 aromatic heterocycles. The van der Waals surface area contributed by atoms with E-state index in [1.54, 1.807) is 25.4 Å². The van der Waals surface area contributed by atoms with Gasteiger partial charge in [-0.05, 0) is 95.0 Å². The molecule has 18 nitrogen and oxygen atoms in total. The van der Waals surface area contributed by atoms with E-state index in [9.17, 15) is 55.7 Å². The molecule has 0 radical (unpaired) electrons. The molecule has 78 heavy (non-hydrogen) atoms. The Hall–Kier alpha value is -7.08. The number of aliphatic hydroxyl groups is 1. The van der Waals surface area contributed by atoms with Crippen molar-refractivity contribution < 1.29 is 74.0 Å². The van der Waals surface area contributed by atoms with Crippen LogP contribution in [-0.4, -0.2) is 154 Å². The van der Waals surface area contributed by atoms with Crippen LogP contribution < -0.4 is 26.3 Å². The highest BCUT2D eigenvalue weighted by Gasteiger charge is 2.57. The standard InChI is InChI=1S/C52H60F8N10O8/c1-49(2,51(55,56)57)43(64-48(76)77-6)45(72)62-40(19-30-10-7-29(8-11-30)9-12-31-13-16-42(61-22-31)68-23-33-14-15-34(24-68)70(33)35-27-78-28-35)41(71)26-69(66-46(73)44(63-47(74)75)50(3,4)52(58,59)60)25-36-37(53)20-32(21-38(36)54)39-17-18-67(5)65-39/h7-8,10-11,13,16-18,20-22,33-35,40-41,43-44,63,71H,14-15,19,23-28H2,1-6H3,(H,62,72)(H,64,76)(H,66,73)(H,74,75). The third-order valence-corrected chi connectivity index (χ3v) is 14.5. The lowest BCUT2D eigenvalue weighted by atomic mass is 9.82. The van der Waals surface area contributed by atoms with Gasteiger partial charge in [0, 0.05) is 80.0 Å². The number of carbonyl (C=O) groups excluding carboxylic acids is 3. The fraction of sp³-hybridized carbons (Fsp3) is 0.500. The molecule has 0 spiro atoms. The number of hydrazine groups is 1. The molecular formula is C52H60F8N10O8. The van der Waals surface area contributed by atoms with Crippen molar-refractivity contribution in [2.75, 3.05) is 44.9 Å². The highest BCUT2D eigenvalue weighted by atomic mass is 19.4. The van der Waals surface area contributed by atoms with Gasteiger partial charge in [0.05, 0.1) is 55.0 Å². The Morgan fingerprint density at radius 3 is 1.90 bits per heavy atom. The number of halogens is 8. The number of alkyl carbamates (subject to hydrolysis) is 1. The molecule has 6 N–H and O–H groups in total. The molecule has 2 aromatic carbocycles. The van der Waals surface area contributed by atoms with E-state index >= 15 is 8.78 Å². The van der Waals surface area contributed by atoms with Crippen LogP contribution in [0.2, 0.25) is 0 Å². The molecule has 3 aliphatic heterocycles. The Kier molecular flexibility index (Phi) is 17.6. The number of aromatic nitrogens is 3. The number of aliphatic hydroxyl groups excluding tert-OH is 1. The Morgan fingerprint density at radius 1 is 0.821 bits per heavy atom. The van der Waals surface area contributed by atoms with Crippen molar-refractivity contribution in [2.24, 2.45) is 17.9 Å². The molecule has 4 aromatic rings. The molecule has 422 valence electrons. The number of hydrogen-bond donors (Lipinski definition) is 6. The third-order valence-electron chi connectivity index (χ3n) is 14.5. The van der Waals surface area contributed by atoms with Crippen molar-refractivity contribution in [1.29, 1.82) is 0 Å². The monoisotopic (exact) mass is 1100 g/mol. The molecule has 3 fully saturated rings. The fourth-order valence-corrected chi connectivity index (χ4v) is 9.59. The maximum absolute atomic E-state index is 16.0. The second kappa shape index (κ2) is 23.5. The van der Waals surface area contributed by atoms with E-state index in [0.717, 1.165) is 64.2 Å². The van der Waals surface area contributed by atoms with Gasteiger partial charge in [0.1, 0.15) is 29.5 Å². The zero-order valence-electron chi connectivity index (χ0n) is 43.3. The smallest absolute Gasteiger partial charge is 0.407 e. The topological polar surface area (TPSA) is 216 Å². The summed E-state index contributed by atoms with van der Waals surface area (Å²) >= 11 is 0. The molecular weight excluding hydrogens is 1040 g/mol. The number of aryl methyl sites for hydroxylation is 1. The van der Waals surface area contributed by atoms with E-state index in [1.165, 1.54) is 34.4 Å². The van der Waals surface area contributed by atoms with E-state index in [1.807, 2.05) is 22.9 Å². The molecule has 5 heterocycles. The van der Waals surface area contributed by atoms with Crippen molar-refractivity contribution in [2.45, 2.75) is 108 Å². The van der Waals surface area contributed by atoms with Gasteiger partial charge < -0.3 is 40.5 Å². The van der Waals surface area contributed by atoms with Crippen molar-refractivity contribution >= 4 is 29.8 Å². The average Bonchev–Trinajstić information content (AvgIpc) is 3.94. The largest absolute Gasteiger partial charge is 0.465 e. The summed E-state index contributed by atoms with van der Waals surface area (Å²) in [6.45, 7) is 3.34. The normalized spacial score (nSPS) is 18.7. The molecule has 6 atom stereocenters. The summed E-state index contributed by atoms with van der Waals surface area (Å²) in [6.07, 6.45) is -11.0. The summed E-state index contributed by atoms with van der Waals surface area (Å²) in [5.41, 5.74) is -3.46. The lowest BCUT2D eigenvalue weighted by Gasteiger charge is -2.47. The second-order valence-electron chi connectivity index (χ2n) is 20.7. The summed E-state index contributed by atoms with van der Waals surface area (Å²) in [4.78, 5) is 61.6. The number of pyridine rings is 1. The highest BCUT2D eigenvalue weighted by molar-refractivity contribution is 5.87. The Labute approximate surface area is 443 Å². The minimum Gasteiger partial charge on any atom is -0.465 e. The van der Waals surface area contributed by atoms with Gasteiger partial charge in [0.15, 0.2) is 0 Å². The predicted octanol–water partition coefficient (Wildman–Crippen LogP) is 5.67. The van der Waals surface area contributed by atoms with Crippen LogP contribution in [0.5, 0.6) is 0 Å². The van der Waals surface area contributed by atoms with Crippen molar-refractivity contribution in [3.8, 4) is 23.1 Å². The van der Waals surface area contributed by atoms with Crippen LogP contribution in [0.3, 0.4) is 0 Å². The van der Waals surface area contributed by atoms with Gasteiger partial charge >= 0.3 is 24.5 Å². The van der Waals surface area contributed by atoms with Crippen molar-refractivity contribution in [3.63, 3.8) is 0 Å². The molecule has 0 saturated carbocycles. The summed E-state index contributed by atoms with van der Waals surface area (Å²) in [5.74, 6) is 1.16.